The van der Waals surface area contributed by atoms with E-state index in [1.165, 1.54) is 24.3 Å². The number of nitrogens with zero attached hydrogens (tertiary/aromatic N) is 1. The van der Waals surface area contributed by atoms with Crippen molar-refractivity contribution in [3.63, 3.8) is 0 Å². The first-order valence-corrected chi connectivity index (χ1v) is 8.56. The van der Waals surface area contributed by atoms with Crippen LogP contribution >= 0.6 is 24.0 Å². The van der Waals surface area contributed by atoms with Gasteiger partial charge in [0.25, 0.3) is 16.0 Å². The Morgan fingerprint density at radius 2 is 2.05 bits per heavy atom. The molecular formula is C12H10FNO4S3. The van der Waals surface area contributed by atoms with Gasteiger partial charge in [-0.3, -0.25) is 14.2 Å². The molecule has 0 aliphatic carbocycles. The molecular weight excluding hydrogens is 337 g/mol. The molecule has 1 aliphatic rings. The van der Waals surface area contributed by atoms with E-state index < -0.39 is 27.6 Å². The Hall–Kier alpha value is -1.29. The second-order valence-electron chi connectivity index (χ2n) is 4.14. The molecule has 0 aromatic heterocycles. The average Bonchev–Trinajstić information content (AvgIpc) is 2.64. The van der Waals surface area contributed by atoms with Gasteiger partial charge in [-0.1, -0.05) is 42.2 Å². The van der Waals surface area contributed by atoms with Crippen molar-refractivity contribution in [3.8, 4) is 0 Å². The highest BCUT2D eigenvalue weighted by Crippen LogP contribution is 2.32. The van der Waals surface area contributed by atoms with E-state index in [-0.39, 0.29) is 21.3 Å². The number of halogens is 1. The van der Waals surface area contributed by atoms with E-state index in [9.17, 15) is 17.6 Å². The van der Waals surface area contributed by atoms with Crippen molar-refractivity contribution in [3.05, 3.63) is 40.6 Å². The van der Waals surface area contributed by atoms with Crippen LogP contribution in [0.3, 0.4) is 0 Å². The zero-order valence-electron chi connectivity index (χ0n) is 10.5. The third-order valence-electron chi connectivity index (χ3n) is 2.64. The monoisotopic (exact) mass is 347 g/mol. The van der Waals surface area contributed by atoms with Crippen LogP contribution in [0.5, 0.6) is 0 Å². The molecule has 21 heavy (non-hydrogen) atoms. The summed E-state index contributed by atoms with van der Waals surface area (Å²) in [4.78, 5) is 13.4. The summed E-state index contributed by atoms with van der Waals surface area (Å²) < 4.78 is 43.9. The molecule has 1 amide bonds. The number of carbonyl (C=O) groups excluding carboxylic acids is 1. The van der Waals surface area contributed by atoms with Crippen molar-refractivity contribution in [2.24, 2.45) is 0 Å². The minimum atomic E-state index is -4.18. The maximum atomic E-state index is 13.5. The van der Waals surface area contributed by atoms with Crippen LogP contribution in [-0.2, 0) is 14.9 Å². The third-order valence-corrected chi connectivity index (χ3v) is 4.71. The highest BCUT2D eigenvalue weighted by Gasteiger charge is 2.32. The zero-order valence-corrected chi connectivity index (χ0v) is 13.0. The molecule has 0 atom stereocenters. The fourth-order valence-electron chi connectivity index (χ4n) is 1.63. The number of hydrogen-bond donors (Lipinski definition) is 1. The predicted molar refractivity (Wildman–Crippen MR) is 82.7 cm³/mol. The summed E-state index contributed by atoms with van der Waals surface area (Å²) in [7, 11) is -4.18. The predicted octanol–water partition coefficient (Wildman–Crippen LogP) is 1.91. The molecule has 1 heterocycles. The quantitative estimate of drug-likeness (QED) is 0.509. The van der Waals surface area contributed by atoms with Crippen LogP contribution in [0.2, 0.25) is 0 Å². The van der Waals surface area contributed by atoms with Crippen LogP contribution < -0.4 is 0 Å². The number of rotatable bonds is 4. The second-order valence-corrected chi connectivity index (χ2v) is 7.39. The van der Waals surface area contributed by atoms with Gasteiger partial charge in [0.05, 0.1) is 10.7 Å². The second kappa shape index (κ2) is 6.22. The average molecular weight is 347 g/mol. The van der Waals surface area contributed by atoms with Crippen LogP contribution in [-0.4, -0.2) is 40.4 Å². The van der Waals surface area contributed by atoms with E-state index in [0.717, 1.165) is 16.7 Å². The molecule has 0 bridgehead atoms. The van der Waals surface area contributed by atoms with Crippen molar-refractivity contribution in [1.82, 2.24) is 4.90 Å². The number of thioether (sulfide) groups is 1. The summed E-state index contributed by atoms with van der Waals surface area (Å²) in [5.74, 6) is -1.58. The summed E-state index contributed by atoms with van der Waals surface area (Å²) in [5, 5.41) is 0. The Morgan fingerprint density at radius 3 is 2.67 bits per heavy atom. The third kappa shape index (κ3) is 4.10. The lowest BCUT2D eigenvalue weighted by molar-refractivity contribution is -0.121. The largest absolute Gasteiger partial charge is 0.292 e. The van der Waals surface area contributed by atoms with Gasteiger partial charge in [-0.25, -0.2) is 4.39 Å². The Bertz CT molecular complexity index is 730. The van der Waals surface area contributed by atoms with Crippen LogP contribution in [0.25, 0.3) is 6.08 Å². The van der Waals surface area contributed by atoms with Gasteiger partial charge >= 0.3 is 0 Å². The van der Waals surface area contributed by atoms with Crippen molar-refractivity contribution < 1.29 is 22.2 Å². The normalized spacial score (nSPS) is 17.8. The van der Waals surface area contributed by atoms with E-state index in [1.54, 1.807) is 6.07 Å². The molecule has 9 heteroatoms. The van der Waals surface area contributed by atoms with Crippen LogP contribution in [0.15, 0.2) is 29.2 Å². The lowest BCUT2D eigenvalue weighted by Crippen LogP contribution is -2.32. The molecule has 1 fully saturated rings. The number of carbonyl (C=O) groups is 1. The van der Waals surface area contributed by atoms with Gasteiger partial charge in [0.15, 0.2) is 0 Å². The minimum absolute atomic E-state index is 0.172. The minimum Gasteiger partial charge on any atom is -0.292 e. The summed E-state index contributed by atoms with van der Waals surface area (Å²) in [6.07, 6.45) is 1.36. The van der Waals surface area contributed by atoms with E-state index >= 15 is 0 Å². The van der Waals surface area contributed by atoms with Crippen molar-refractivity contribution in [2.75, 3.05) is 12.3 Å². The van der Waals surface area contributed by atoms with E-state index in [1.807, 2.05) is 0 Å². The van der Waals surface area contributed by atoms with Gasteiger partial charge in [0.2, 0.25) is 0 Å². The van der Waals surface area contributed by atoms with Crippen molar-refractivity contribution in [1.29, 1.82) is 0 Å². The molecule has 1 saturated heterocycles. The fraction of sp³-hybridized carbons (Fsp3) is 0.167. The molecule has 0 unspecified atom stereocenters. The molecule has 0 spiro atoms. The maximum Gasteiger partial charge on any atom is 0.266 e. The lowest BCUT2D eigenvalue weighted by Gasteiger charge is -2.12. The fourth-order valence-corrected chi connectivity index (χ4v) is 3.35. The molecule has 0 radical (unpaired) electrons. The van der Waals surface area contributed by atoms with Crippen LogP contribution in [0.4, 0.5) is 4.39 Å². The molecule has 5 nitrogen and oxygen atoms in total. The van der Waals surface area contributed by atoms with Crippen molar-refractivity contribution >= 4 is 50.4 Å². The van der Waals surface area contributed by atoms with Gasteiger partial charge in [-0.05, 0) is 12.1 Å². The van der Waals surface area contributed by atoms with Gasteiger partial charge in [-0.2, -0.15) is 8.42 Å². The summed E-state index contributed by atoms with van der Waals surface area (Å²) >= 11 is 5.95. The number of amides is 1. The molecule has 1 aliphatic heterocycles. The molecule has 2 rings (SSSR count). The van der Waals surface area contributed by atoms with Crippen molar-refractivity contribution in [2.45, 2.75) is 0 Å². The van der Waals surface area contributed by atoms with Gasteiger partial charge in [-0.15, -0.1) is 0 Å². The molecule has 1 aromatic carbocycles. The number of benzene rings is 1. The van der Waals surface area contributed by atoms with E-state index in [4.69, 9.17) is 16.8 Å². The standard InChI is InChI=1S/C12H10FNO4S3/c13-9-4-2-1-3-8(9)7-10-11(15)14(12(19)20-10)5-6-21(16,17)18/h1-4,7H,5-6H2,(H,16,17,18)/b10-7-. The Labute approximate surface area is 130 Å². The van der Waals surface area contributed by atoms with Crippen LogP contribution in [0.1, 0.15) is 5.56 Å². The highest BCUT2D eigenvalue weighted by atomic mass is 32.2. The van der Waals surface area contributed by atoms with E-state index in [2.05, 4.69) is 0 Å². The Balaban J connectivity index is 2.20. The first-order valence-electron chi connectivity index (χ1n) is 5.73. The highest BCUT2D eigenvalue weighted by molar-refractivity contribution is 8.26. The smallest absolute Gasteiger partial charge is 0.266 e. The molecule has 1 N–H and O–H groups in total. The summed E-state index contributed by atoms with van der Waals surface area (Å²) in [6.45, 7) is -0.238. The van der Waals surface area contributed by atoms with Crippen LogP contribution in [0, 0.1) is 5.82 Å². The van der Waals surface area contributed by atoms with Gasteiger partial charge in [0, 0.05) is 12.1 Å². The first kappa shape index (κ1) is 16.1. The molecule has 112 valence electrons. The number of hydrogen-bond acceptors (Lipinski definition) is 5. The SMILES string of the molecule is O=C1/C(=C/c2ccccc2F)SC(=S)N1CCS(=O)(=O)O. The molecule has 1 aromatic rings. The summed E-state index contributed by atoms with van der Waals surface area (Å²) in [6, 6.07) is 5.95. The maximum absolute atomic E-state index is 13.5. The summed E-state index contributed by atoms with van der Waals surface area (Å²) in [5.41, 5.74) is 0.243. The van der Waals surface area contributed by atoms with E-state index in [0.29, 0.717) is 0 Å². The lowest BCUT2D eigenvalue weighted by atomic mass is 10.2. The van der Waals surface area contributed by atoms with Gasteiger partial charge < -0.3 is 0 Å². The number of thiocarbonyl (C=S) groups is 1. The van der Waals surface area contributed by atoms with Gasteiger partial charge in [0.1, 0.15) is 10.1 Å². The first-order chi connectivity index (χ1) is 9.78. The Kier molecular flexibility index (Phi) is 4.77. The zero-order chi connectivity index (χ0) is 15.6. The molecule has 0 saturated carbocycles. The Morgan fingerprint density at radius 1 is 1.38 bits per heavy atom. The topological polar surface area (TPSA) is 74.7 Å².